The highest BCUT2D eigenvalue weighted by molar-refractivity contribution is 5.26. The van der Waals surface area contributed by atoms with Crippen molar-refractivity contribution in [1.82, 2.24) is 0 Å². The number of hydrogen-bond donors (Lipinski definition) is 1. The highest BCUT2D eigenvalue weighted by Crippen LogP contribution is 2.21. The summed E-state index contributed by atoms with van der Waals surface area (Å²) in [5, 5.41) is 0. The molecule has 0 bridgehead atoms. The molecule has 16 heavy (non-hydrogen) atoms. The lowest BCUT2D eigenvalue weighted by atomic mass is 9.97. The predicted octanol–water partition coefficient (Wildman–Crippen LogP) is 2.95. The van der Waals surface area contributed by atoms with Gasteiger partial charge in [0.05, 0.1) is 12.1 Å². The summed E-state index contributed by atoms with van der Waals surface area (Å²) in [4.78, 5) is 0. The molecule has 1 aromatic rings. The third-order valence-electron chi connectivity index (χ3n) is 2.73. The second-order valence-corrected chi connectivity index (χ2v) is 4.15. The van der Waals surface area contributed by atoms with Crippen molar-refractivity contribution in [1.29, 1.82) is 0 Å². The molecule has 2 atom stereocenters. The van der Waals surface area contributed by atoms with Crippen LogP contribution in [0.4, 0.5) is 4.39 Å². The van der Waals surface area contributed by atoms with Crippen LogP contribution in [0.1, 0.15) is 36.9 Å². The van der Waals surface area contributed by atoms with Crippen molar-refractivity contribution < 1.29 is 9.13 Å². The minimum Gasteiger partial charge on any atom is -0.379 e. The summed E-state index contributed by atoms with van der Waals surface area (Å²) < 4.78 is 18.6. The van der Waals surface area contributed by atoms with Crippen LogP contribution in [-0.4, -0.2) is 13.2 Å². The average Bonchev–Trinajstić information content (AvgIpc) is 2.23. The number of ether oxygens (including phenoxy) is 1. The van der Waals surface area contributed by atoms with Gasteiger partial charge in [-0.1, -0.05) is 19.4 Å². The molecule has 0 amide bonds. The number of methoxy groups -OCH3 is 1. The Morgan fingerprint density at radius 1 is 1.38 bits per heavy atom. The van der Waals surface area contributed by atoms with Gasteiger partial charge in [-0.2, -0.15) is 0 Å². The van der Waals surface area contributed by atoms with Crippen LogP contribution in [0.5, 0.6) is 0 Å². The molecule has 90 valence electrons. The zero-order valence-corrected chi connectivity index (χ0v) is 10.2. The molecule has 0 spiro atoms. The minimum absolute atomic E-state index is 0.0498. The Morgan fingerprint density at radius 2 is 2.06 bits per heavy atom. The number of rotatable bonds is 5. The van der Waals surface area contributed by atoms with E-state index >= 15 is 0 Å². The Hall–Kier alpha value is -0.930. The van der Waals surface area contributed by atoms with Gasteiger partial charge in [0.25, 0.3) is 0 Å². The molecule has 0 aliphatic carbocycles. The van der Waals surface area contributed by atoms with Gasteiger partial charge >= 0.3 is 0 Å². The number of aryl methyl sites for hydroxylation is 1. The van der Waals surface area contributed by atoms with E-state index in [-0.39, 0.29) is 18.0 Å². The van der Waals surface area contributed by atoms with E-state index in [4.69, 9.17) is 10.5 Å². The van der Waals surface area contributed by atoms with Crippen molar-refractivity contribution in [3.05, 3.63) is 35.1 Å². The van der Waals surface area contributed by atoms with Crippen LogP contribution in [0.15, 0.2) is 18.2 Å². The maximum atomic E-state index is 13.2. The summed E-state index contributed by atoms with van der Waals surface area (Å²) in [6.07, 6.45) is 1.83. The Morgan fingerprint density at radius 3 is 2.56 bits per heavy atom. The summed E-state index contributed by atoms with van der Waals surface area (Å²) in [5.74, 6) is -0.239. The largest absolute Gasteiger partial charge is 0.379 e. The first kappa shape index (κ1) is 13.1. The maximum Gasteiger partial charge on any atom is 0.123 e. The van der Waals surface area contributed by atoms with Gasteiger partial charge < -0.3 is 10.5 Å². The molecule has 0 aromatic heterocycles. The Balaban J connectivity index is 2.89. The average molecular weight is 225 g/mol. The highest BCUT2D eigenvalue weighted by Gasteiger charge is 2.18. The summed E-state index contributed by atoms with van der Waals surface area (Å²) in [6.45, 7) is 3.94. The van der Waals surface area contributed by atoms with Crippen molar-refractivity contribution in [3.63, 3.8) is 0 Å². The first-order chi connectivity index (χ1) is 7.58. The van der Waals surface area contributed by atoms with E-state index in [0.29, 0.717) is 0 Å². The van der Waals surface area contributed by atoms with E-state index in [1.807, 2.05) is 13.0 Å². The lowest BCUT2D eigenvalue weighted by molar-refractivity contribution is 0.0724. The molecule has 2 unspecified atom stereocenters. The number of benzene rings is 1. The van der Waals surface area contributed by atoms with Gasteiger partial charge in [-0.15, -0.1) is 0 Å². The molecule has 0 heterocycles. The molecule has 0 saturated carbocycles. The third kappa shape index (κ3) is 3.29. The lowest BCUT2D eigenvalue weighted by Crippen LogP contribution is -2.28. The molecule has 1 aromatic carbocycles. The van der Waals surface area contributed by atoms with Gasteiger partial charge in [0, 0.05) is 7.11 Å². The van der Waals surface area contributed by atoms with Gasteiger partial charge in [0.2, 0.25) is 0 Å². The second-order valence-electron chi connectivity index (χ2n) is 4.15. The molecule has 2 nitrogen and oxygen atoms in total. The number of hydrogen-bond acceptors (Lipinski definition) is 2. The van der Waals surface area contributed by atoms with Gasteiger partial charge in [-0.05, 0) is 36.6 Å². The standard InChI is InChI=1S/C13H20FNO/c1-4-5-12(16-3)13(15)10-6-9(2)7-11(14)8-10/h6-8,12-13H,4-5,15H2,1-3H3. The summed E-state index contributed by atoms with van der Waals surface area (Å²) in [5.41, 5.74) is 7.77. The Kier molecular flexibility index (Phi) is 4.90. The number of halogens is 1. The molecule has 1 rings (SSSR count). The predicted molar refractivity (Wildman–Crippen MR) is 63.8 cm³/mol. The van der Waals surface area contributed by atoms with E-state index in [9.17, 15) is 4.39 Å². The molecule has 0 fully saturated rings. The SMILES string of the molecule is CCCC(OC)C(N)c1cc(C)cc(F)c1. The van der Waals surface area contributed by atoms with E-state index < -0.39 is 0 Å². The quantitative estimate of drug-likeness (QED) is 0.836. The van der Waals surface area contributed by atoms with E-state index in [1.54, 1.807) is 7.11 Å². The normalized spacial score (nSPS) is 14.8. The first-order valence-electron chi connectivity index (χ1n) is 5.64. The fraction of sp³-hybridized carbons (Fsp3) is 0.538. The molecule has 0 aliphatic heterocycles. The zero-order chi connectivity index (χ0) is 12.1. The molecule has 0 radical (unpaired) electrons. The Labute approximate surface area is 96.6 Å². The first-order valence-corrected chi connectivity index (χ1v) is 5.64. The van der Waals surface area contributed by atoms with Crippen LogP contribution in [-0.2, 0) is 4.74 Å². The van der Waals surface area contributed by atoms with E-state index in [1.165, 1.54) is 12.1 Å². The van der Waals surface area contributed by atoms with Crippen molar-refractivity contribution >= 4 is 0 Å². The summed E-state index contributed by atoms with van der Waals surface area (Å²) in [7, 11) is 1.65. The van der Waals surface area contributed by atoms with Gasteiger partial charge in [0.1, 0.15) is 5.82 Å². The van der Waals surface area contributed by atoms with Crippen molar-refractivity contribution in [3.8, 4) is 0 Å². The molecule has 0 saturated heterocycles. The molecule has 3 heteroatoms. The summed E-state index contributed by atoms with van der Waals surface area (Å²) in [6, 6.07) is 4.63. The summed E-state index contributed by atoms with van der Waals surface area (Å²) >= 11 is 0. The van der Waals surface area contributed by atoms with Crippen molar-refractivity contribution in [2.75, 3.05) is 7.11 Å². The topological polar surface area (TPSA) is 35.2 Å². The van der Waals surface area contributed by atoms with E-state index in [0.717, 1.165) is 24.0 Å². The third-order valence-corrected chi connectivity index (χ3v) is 2.73. The second kappa shape index (κ2) is 5.97. The van der Waals surface area contributed by atoms with Crippen LogP contribution in [0.25, 0.3) is 0 Å². The maximum absolute atomic E-state index is 13.2. The van der Waals surface area contributed by atoms with Gasteiger partial charge in [0.15, 0.2) is 0 Å². The van der Waals surface area contributed by atoms with Crippen LogP contribution < -0.4 is 5.73 Å². The molecular formula is C13H20FNO. The van der Waals surface area contributed by atoms with Crippen LogP contribution in [0, 0.1) is 12.7 Å². The van der Waals surface area contributed by atoms with Crippen LogP contribution in [0.3, 0.4) is 0 Å². The fourth-order valence-electron chi connectivity index (χ4n) is 1.90. The fourth-order valence-corrected chi connectivity index (χ4v) is 1.90. The minimum atomic E-state index is -0.264. The Bertz CT molecular complexity index is 320. The monoisotopic (exact) mass is 225 g/mol. The lowest BCUT2D eigenvalue weighted by Gasteiger charge is -2.22. The van der Waals surface area contributed by atoms with E-state index in [2.05, 4.69) is 6.92 Å². The van der Waals surface area contributed by atoms with Crippen molar-refractivity contribution in [2.45, 2.75) is 38.8 Å². The zero-order valence-electron chi connectivity index (χ0n) is 10.2. The smallest absolute Gasteiger partial charge is 0.123 e. The van der Waals surface area contributed by atoms with Crippen LogP contribution >= 0.6 is 0 Å². The molecule has 0 aliphatic rings. The van der Waals surface area contributed by atoms with Crippen LogP contribution in [0.2, 0.25) is 0 Å². The number of nitrogens with two attached hydrogens (primary N) is 1. The molecule has 2 N–H and O–H groups in total. The highest BCUT2D eigenvalue weighted by atomic mass is 19.1. The molecular weight excluding hydrogens is 205 g/mol. The van der Waals surface area contributed by atoms with Gasteiger partial charge in [-0.25, -0.2) is 4.39 Å². The van der Waals surface area contributed by atoms with Crippen molar-refractivity contribution in [2.24, 2.45) is 5.73 Å². The van der Waals surface area contributed by atoms with Gasteiger partial charge in [-0.3, -0.25) is 0 Å².